The van der Waals surface area contributed by atoms with Crippen molar-refractivity contribution < 1.29 is 28.6 Å². The Morgan fingerprint density at radius 3 is 2.43 bits per heavy atom. The van der Waals surface area contributed by atoms with Crippen LogP contribution in [0.3, 0.4) is 0 Å². The Morgan fingerprint density at radius 1 is 1.13 bits per heavy atom. The van der Waals surface area contributed by atoms with Crippen LogP contribution in [-0.4, -0.2) is 55.3 Å². The van der Waals surface area contributed by atoms with E-state index in [1.807, 2.05) is 0 Å². The van der Waals surface area contributed by atoms with E-state index in [0.717, 1.165) is 0 Å². The van der Waals surface area contributed by atoms with Crippen molar-refractivity contribution in [2.24, 2.45) is 5.92 Å². The molecule has 0 saturated carbocycles. The first-order chi connectivity index (χ1) is 14.1. The molecule has 1 aliphatic heterocycles. The standard InChI is InChI=1S/C22H26ClNO6/c1-22(2,3)30-21(27)24-13-15(19(25)28-4)7-10-17(24)9-6-14-12-16(23)8-11-18(14)20(26)29-5/h8,11-12,15,17H,7,10,13H2,1-5H3. The summed E-state index contributed by atoms with van der Waals surface area (Å²) in [7, 11) is 2.60. The number of likely N-dealkylation sites (tertiary alicyclic amines) is 1. The highest BCUT2D eigenvalue weighted by Gasteiger charge is 2.36. The number of carbonyl (C=O) groups is 3. The van der Waals surface area contributed by atoms with Gasteiger partial charge in [-0.25, -0.2) is 9.59 Å². The topological polar surface area (TPSA) is 82.1 Å². The van der Waals surface area contributed by atoms with Crippen molar-refractivity contribution in [3.8, 4) is 11.8 Å². The molecule has 2 rings (SSSR count). The van der Waals surface area contributed by atoms with E-state index in [1.165, 1.54) is 25.2 Å². The van der Waals surface area contributed by atoms with E-state index in [1.54, 1.807) is 32.9 Å². The Morgan fingerprint density at radius 2 is 1.83 bits per heavy atom. The molecule has 1 aliphatic rings. The number of amides is 1. The van der Waals surface area contributed by atoms with Gasteiger partial charge in [-0.05, 0) is 51.8 Å². The van der Waals surface area contributed by atoms with Gasteiger partial charge < -0.3 is 14.2 Å². The fourth-order valence-corrected chi connectivity index (χ4v) is 3.24. The summed E-state index contributed by atoms with van der Waals surface area (Å²) >= 11 is 6.05. The van der Waals surface area contributed by atoms with Gasteiger partial charge in [-0.3, -0.25) is 9.69 Å². The SMILES string of the molecule is COC(=O)c1ccc(Cl)cc1C#CC1CCC(C(=O)OC)CN1C(=O)OC(C)(C)C. The molecule has 0 N–H and O–H groups in total. The number of rotatable bonds is 2. The molecule has 1 amide bonds. The van der Waals surface area contributed by atoms with Crippen molar-refractivity contribution in [1.82, 2.24) is 4.90 Å². The molecule has 0 aliphatic carbocycles. The fourth-order valence-electron chi connectivity index (χ4n) is 3.07. The van der Waals surface area contributed by atoms with E-state index in [4.69, 9.17) is 25.8 Å². The van der Waals surface area contributed by atoms with Gasteiger partial charge in [-0.15, -0.1) is 0 Å². The monoisotopic (exact) mass is 435 g/mol. The first-order valence-electron chi connectivity index (χ1n) is 9.52. The average Bonchev–Trinajstić information content (AvgIpc) is 2.69. The number of hydrogen-bond acceptors (Lipinski definition) is 6. The van der Waals surface area contributed by atoms with Crippen LogP contribution in [0.4, 0.5) is 4.79 Å². The third-order valence-electron chi connectivity index (χ3n) is 4.50. The minimum Gasteiger partial charge on any atom is -0.469 e. The summed E-state index contributed by atoms with van der Waals surface area (Å²) in [4.78, 5) is 38.2. The summed E-state index contributed by atoms with van der Waals surface area (Å²) in [6, 6.07) is 4.19. The molecule has 30 heavy (non-hydrogen) atoms. The molecule has 2 unspecified atom stereocenters. The second kappa shape index (κ2) is 9.86. The van der Waals surface area contributed by atoms with Gasteiger partial charge in [0.05, 0.1) is 31.7 Å². The van der Waals surface area contributed by atoms with E-state index in [-0.39, 0.29) is 18.1 Å². The van der Waals surface area contributed by atoms with Gasteiger partial charge in [0.1, 0.15) is 5.60 Å². The lowest BCUT2D eigenvalue weighted by molar-refractivity contribution is -0.147. The molecule has 1 fully saturated rings. The zero-order valence-corrected chi connectivity index (χ0v) is 18.5. The van der Waals surface area contributed by atoms with Crippen LogP contribution in [0.5, 0.6) is 0 Å². The molecule has 1 aromatic carbocycles. The third-order valence-corrected chi connectivity index (χ3v) is 4.74. The van der Waals surface area contributed by atoms with Crippen LogP contribution in [0.25, 0.3) is 0 Å². The van der Waals surface area contributed by atoms with E-state index in [0.29, 0.717) is 23.4 Å². The van der Waals surface area contributed by atoms with Crippen molar-refractivity contribution in [3.05, 3.63) is 34.3 Å². The lowest BCUT2D eigenvalue weighted by Gasteiger charge is -2.37. The molecule has 7 nitrogen and oxygen atoms in total. The first kappa shape index (κ1) is 23.6. The quantitative estimate of drug-likeness (QED) is 0.400. The molecule has 0 aromatic heterocycles. The molecule has 0 radical (unpaired) electrons. The highest BCUT2D eigenvalue weighted by molar-refractivity contribution is 6.30. The van der Waals surface area contributed by atoms with Crippen LogP contribution < -0.4 is 0 Å². The zero-order valence-electron chi connectivity index (χ0n) is 17.8. The van der Waals surface area contributed by atoms with E-state index in [9.17, 15) is 14.4 Å². The van der Waals surface area contributed by atoms with Gasteiger partial charge in [0.15, 0.2) is 0 Å². The Hall–Kier alpha value is -2.72. The van der Waals surface area contributed by atoms with E-state index < -0.39 is 29.6 Å². The summed E-state index contributed by atoms with van der Waals surface area (Å²) < 4.78 is 15.1. The number of methoxy groups -OCH3 is 2. The number of carbonyl (C=O) groups excluding carboxylic acids is 3. The average molecular weight is 436 g/mol. The van der Waals surface area contributed by atoms with Crippen molar-refractivity contribution in [3.63, 3.8) is 0 Å². The number of hydrogen-bond donors (Lipinski definition) is 0. The van der Waals surface area contributed by atoms with Gasteiger partial charge in [0.25, 0.3) is 0 Å². The number of esters is 2. The van der Waals surface area contributed by atoms with Gasteiger partial charge in [0.2, 0.25) is 0 Å². The van der Waals surface area contributed by atoms with Gasteiger partial charge in [-0.1, -0.05) is 23.4 Å². The van der Waals surface area contributed by atoms with E-state index in [2.05, 4.69) is 11.8 Å². The molecular formula is C22H26ClNO6. The Bertz CT molecular complexity index is 880. The first-order valence-corrected chi connectivity index (χ1v) is 9.90. The summed E-state index contributed by atoms with van der Waals surface area (Å²) in [6.45, 7) is 5.44. The smallest absolute Gasteiger partial charge is 0.411 e. The fraction of sp³-hybridized carbons (Fsp3) is 0.500. The Kier molecular flexibility index (Phi) is 7.74. The minimum absolute atomic E-state index is 0.139. The molecule has 2 atom stereocenters. The van der Waals surface area contributed by atoms with Crippen LogP contribution in [0.1, 0.15) is 49.5 Å². The van der Waals surface area contributed by atoms with Crippen LogP contribution in [0.2, 0.25) is 5.02 Å². The predicted molar refractivity (Wildman–Crippen MR) is 111 cm³/mol. The summed E-state index contributed by atoms with van der Waals surface area (Å²) in [5.74, 6) is 4.62. The molecule has 1 aromatic rings. The van der Waals surface area contributed by atoms with Crippen LogP contribution in [0.15, 0.2) is 18.2 Å². The predicted octanol–water partition coefficient (Wildman–Crippen LogP) is 3.67. The molecule has 0 spiro atoms. The lowest BCUT2D eigenvalue weighted by atomic mass is 9.93. The number of benzene rings is 1. The number of nitrogens with zero attached hydrogens (tertiary/aromatic N) is 1. The largest absolute Gasteiger partial charge is 0.469 e. The highest BCUT2D eigenvalue weighted by atomic mass is 35.5. The van der Waals surface area contributed by atoms with Crippen LogP contribution in [0, 0.1) is 17.8 Å². The summed E-state index contributed by atoms with van der Waals surface area (Å²) in [6.07, 6.45) is 0.417. The summed E-state index contributed by atoms with van der Waals surface area (Å²) in [5.41, 5.74) is -0.0202. The summed E-state index contributed by atoms with van der Waals surface area (Å²) in [5, 5.41) is 0.422. The van der Waals surface area contributed by atoms with Crippen LogP contribution in [-0.2, 0) is 19.0 Å². The Labute approximate surface area is 181 Å². The third kappa shape index (κ3) is 6.14. The second-order valence-electron chi connectivity index (χ2n) is 7.90. The van der Waals surface area contributed by atoms with Crippen molar-refractivity contribution in [2.45, 2.75) is 45.3 Å². The minimum atomic E-state index is -0.696. The molecular weight excluding hydrogens is 410 g/mol. The second-order valence-corrected chi connectivity index (χ2v) is 8.33. The highest BCUT2D eigenvalue weighted by Crippen LogP contribution is 2.25. The van der Waals surface area contributed by atoms with Gasteiger partial charge >= 0.3 is 18.0 Å². The molecule has 1 heterocycles. The maximum Gasteiger partial charge on any atom is 0.411 e. The number of piperidine rings is 1. The normalized spacial score (nSPS) is 18.7. The van der Waals surface area contributed by atoms with Crippen LogP contribution >= 0.6 is 11.6 Å². The number of ether oxygens (including phenoxy) is 3. The molecule has 8 heteroatoms. The van der Waals surface area contributed by atoms with Crippen molar-refractivity contribution >= 4 is 29.6 Å². The van der Waals surface area contributed by atoms with Crippen molar-refractivity contribution in [2.75, 3.05) is 20.8 Å². The maximum atomic E-state index is 12.8. The molecule has 162 valence electrons. The zero-order chi connectivity index (χ0) is 22.5. The van der Waals surface area contributed by atoms with E-state index >= 15 is 0 Å². The van der Waals surface area contributed by atoms with Gasteiger partial charge in [-0.2, -0.15) is 0 Å². The molecule has 0 bridgehead atoms. The Balaban J connectivity index is 2.35. The van der Waals surface area contributed by atoms with Crippen molar-refractivity contribution in [1.29, 1.82) is 0 Å². The van der Waals surface area contributed by atoms with Gasteiger partial charge in [0, 0.05) is 17.1 Å². The number of halogens is 1. The molecule has 1 saturated heterocycles. The lowest BCUT2D eigenvalue weighted by Crippen LogP contribution is -2.50. The maximum absolute atomic E-state index is 12.8.